The van der Waals surface area contributed by atoms with Crippen LogP contribution in [0.5, 0.6) is 0 Å². The molecular weight excluding hydrogens is 357 g/mol. The van der Waals surface area contributed by atoms with E-state index in [1.54, 1.807) is 33.8 Å². The van der Waals surface area contributed by atoms with Crippen molar-refractivity contribution in [2.75, 3.05) is 0 Å². The summed E-state index contributed by atoms with van der Waals surface area (Å²) in [6.45, 7) is 6.61. The summed E-state index contributed by atoms with van der Waals surface area (Å²) in [7, 11) is 0. The fraction of sp³-hybridized carbons (Fsp3) is 0.467. The maximum Gasteiger partial charge on any atom is 0.408 e. The lowest BCUT2D eigenvalue weighted by molar-refractivity contribution is -0.137. The number of benzene rings is 1. The minimum Gasteiger partial charge on any atom is -0.481 e. The van der Waals surface area contributed by atoms with Crippen LogP contribution in [0, 0.1) is 12.7 Å². The van der Waals surface area contributed by atoms with Gasteiger partial charge in [0.15, 0.2) is 0 Å². The van der Waals surface area contributed by atoms with Crippen molar-refractivity contribution in [3.8, 4) is 0 Å². The minimum absolute atomic E-state index is 0.0973. The van der Waals surface area contributed by atoms with Gasteiger partial charge in [-0.15, -0.1) is 0 Å². The zero-order valence-electron chi connectivity index (χ0n) is 12.9. The molecule has 7 heteroatoms. The van der Waals surface area contributed by atoms with Gasteiger partial charge < -0.3 is 15.2 Å². The van der Waals surface area contributed by atoms with Crippen LogP contribution in [0.1, 0.15) is 44.4 Å². The number of nitrogens with one attached hydrogen (secondary N) is 1. The van der Waals surface area contributed by atoms with Gasteiger partial charge in [0.2, 0.25) is 0 Å². The van der Waals surface area contributed by atoms with Gasteiger partial charge in [0.1, 0.15) is 11.4 Å². The van der Waals surface area contributed by atoms with Crippen LogP contribution >= 0.6 is 15.9 Å². The molecule has 0 aliphatic heterocycles. The Morgan fingerprint density at radius 2 is 2.00 bits per heavy atom. The van der Waals surface area contributed by atoms with E-state index in [4.69, 9.17) is 9.84 Å². The van der Waals surface area contributed by atoms with Gasteiger partial charge in [-0.25, -0.2) is 9.18 Å². The topological polar surface area (TPSA) is 75.6 Å². The maximum absolute atomic E-state index is 14.3. The molecule has 1 aromatic carbocycles. The molecule has 0 spiro atoms. The number of halogens is 2. The monoisotopic (exact) mass is 375 g/mol. The van der Waals surface area contributed by atoms with E-state index in [1.807, 2.05) is 0 Å². The summed E-state index contributed by atoms with van der Waals surface area (Å²) in [6, 6.07) is 2.00. The van der Waals surface area contributed by atoms with Gasteiger partial charge in [-0.05, 0) is 45.4 Å². The molecule has 1 rings (SSSR count). The highest BCUT2D eigenvalue weighted by atomic mass is 79.9. The Balaban J connectivity index is 3.09. The molecule has 0 fully saturated rings. The van der Waals surface area contributed by atoms with Crippen LogP contribution in [-0.2, 0) is 9.53 Å². The number of carboxylic acids is 1. The van der Waals surface area contributed by atoms with E-state index in [0.717, 1.165) is 0 Å². The number of hydrogen-bond donors (Lipinski definition) is 2. The number of hydrogen-bond acceptors (Lipinski definition) is 3. The van der Waals surface area contributed by atoms with Crippen LogP contribution in [0.2, 0.25) is 0 Å². The molecule has 0 heterocycles. The third-order valence-electron chi connectivity index (χ3n) is 2.69. The molecule has 1 amide bonds. The Hall–Kier alpha value is -1.63. The molecule has 22 heavy (non-hydrogen) atoms. The first kappa shape index (κ1) is 18.4. The van der Waals surface area contributed by atoms with E-state index in [2.05, 4.69) is 21.2 Å². The smallest absolute Gasteiger partial charge is 0.408 e. The highest BCUT2D eigenvalue weighted by Crippen LogP contribution is 2.27. The predicted molar refractivity (Wildman–Crippen MR) is 83.2 cm³/mol. The average Bonchev–Trinajstić information content (AvgIpc) is 2.29. The number of aryl methyl sites for hydroxylation is 1. The molecule has 0 aromatic heterocycles. The molecule has 1 atom stereocenters. The summed E-state index contributed by atoms with van der Waals surface area (Å²) in [6.07, 6.45) is -1.25. The van der Waals surface area contributed by atoms with Crippen molar-refractivity contribution in [3.05, 3.63) is 33.5 Å². The minimum atomic E-state index is -1.15. The first-order chi connectivity index (χ1) is 9.99. The lowest BCUT2D eigenvalue weighted by atomic mass is 10.0. The SMILES string of the molecule is Cc1cc(Br)cc([C@H](CC(=O)O)NC(=O)OC(C)(C)C)c1F. The molecule has 1 aromatic rings. The molecule has 0 aliphatic carbocycles. The lowest BCUT2D eigenvalue weighted by Crippen LogP contribution is -2.36. The molecule has 0 bridgehead atoms. The van der Waals surface area contributed by atoms with Crippen LogP contribution in [0.3, 0.4) is 0 Å². The van der Waals surface area contributed by atoms with Crippen LogP contribution in [-0.4, -0.2) is 22.8 Å². The highest BCUT2D eigenvalue weighted by molar-refractivity contribution is 9.10. The van der Waals surface area contributed by atoms with E-state index in [9.17, 15) is 14.0 Å². The highest BCUT2D eigenvalue weighted by Gasteiger charge is 2.25. The normalized spacial score (nSPS) is 12.6. The number of aliphatic carboxylic acids is 1. The lowest BCUT2D eigenvalue weighted by Gasteiger charge is -2.24. The van der Waals surface area contributed by atoms with E-state index in [0.29, 0.717) is 10.0 Å². The van der Waals surface area contributed by atoms with Crippen molar-refractivity contribution in [3.63, 3.8) is 0 Å². The third kappa shape index (κ3) is 5.63. The van der Waals surface area contributed by atoms with Gasteiger partial charge in [0, 0.05) is 10.0 Å². The molecule has 122 valence electrons. The summed E-state index contributed by atoms with van der Waals surface area (Å²) < 4.78 is 20.0. The van der Waals surface area contributed by atoms with Crippen LogP contribution in [0.25, 0.3) is 0 Å². The molecular formula is C15H19BrFNO4. The maximum atomic E-state index is 14.3. The first-order valence-corrected chi connectivity index (χ1v) is 7.45. The zero-order valence-corrected chi connectivity index (χ0v) is 14.5. The van der Waals surface area contributed by atoms with Crippen LogP contribution < -0.4 is 5.32 Å². The van der Waals surface area contributed by atoms with Crippen LogP contribution in [0.15, 0.2) is 16.6 Å². The molecule has 0 saturated carbocycles. The average molecular weight is 376 g/mol. The van der Waals surface area contributed by atoms with Crippen molar-refractivity contribution in [2.24, 2.45) is 0 Å². The Morgan fingerprint density at radius 1 is 1.41 bits per heavy atom. The number of alkyl carbamates (subject to hydrolysis) is 1. The Labute approximate surface area is 137 Å². The van der Waals surface area contributed by atoms with Gasteiger partial charge in [0.25, 0.3) is 0 Å². The predicted octanol–water partition coefficient (Wildman–Crippen LogP) is 3.94. The number of ether oxygens (including phenoxy) is 1. The van der Waals surface area contributed by atoms with E-state index >= 15 is 0 Å². The molecule has 0 radical (unpaired) electrons. The molecule has 2 N–H and O–H groups in total. The van der Waals surface area contributed by atoms with Crippen molar-refractivity contribution < 1.29 is 23.8 Å². The first-order valence-electron chi connectivity index (χ1n) is 6.66. The Bertz CT molecular complexity index is 584. The number of carbonyl (C=O) groups excluding carboxylic acids is 1. The molecule has 5 nitrogen and oxygen atoms in total. The number of carboxylic acid groups (broad SMARTS) is 1. The molecule has 0 aliphatic rings. The van der Waals surface area contributed by atoms with Crippen molar-refractivity contribution in [1.29, 1.82) is 0 Å². The van der Waals surface area contributed by atoms with Crippen LogP contribution in [0.4, 0.5) is 9.18 Å². The van der Waals surface area contributed by atoms with Gasteiger partial charge in [0.05, 0.1) is 12.5 Å². The zero-order chi connectivity index (χ0) is 17.1. The summed E-state index contributed by atoms with van der Waals surface area (Å²) in [5.74, 6) is -1.71. The number of amides is 1. The van der Waals surface area contributed by atoms with Gasteiger partial charge in [-0.1, -0.05) is 15.9 Å². The van der Waals surface area contributed by atoms with E-state index in [-0.39, 0.29) is 5.56 Å². The second-order valence-corrected chi connectivity index (χ2v) is 6.84. The molecule has 0 unspecified atom stereocenters. The van der Waals surface area contributed by atoms with E-state index < -0.39 is 35.9 Å². The summed E-state index contributed by atoms with van der Waals surface area (Å²) in [5, 5.41) is 11.4. The second-order valence-electron chi connectivity index (χ2n) is 5.92. The quantitative estimate of drug-likeness (QED) is 0.835. The Morgan fingerprint density at radius 3 is 2.50 bits per heavy atom. The van der Waals surface area contributed by atoms with E-state index in [1.165, 1.54) is 6.07 Å². The third-order valence-corrected chi connectivity index (χ3v) is 3.15. The number of carbonyl (C=O) groups is 2. The summed E-state index contributed by atoms with van der Waals surface area (Å²) in [5.41, 5.74) is -0.283. The van der Waals surface area contributed by atoms with Crippen molar-refractivity contribution >= 4 is 28.0 Å². The van der Waals surface area contributed by atoms with Crippen molar-refractivity contribution in [2.45, 2.75) is 45.8 Å². The second kappa shape index (κ2) is 7.09. The fourth-order valence-corrected chi connectivity index (χ4v) is 2.46. The van der Waals surface area contributed by atoms with Crippen molar-refractivity contribution in [1.82, 2.24) is 5.32 Å². The van der Waals surface area contributed by atoms with Gasteiger partial charge >= 0.3 is 12.1 Å². The number of rotatable bonds is 4. The largest absolute Gasteiger partial charge is 0.481 e. The van der Waals surface area contributed by atoms with Gasteiger partial charge in [-0.2, -0.15) is 0 Å². The Kier molecular flexibility index (Phi) is 5.93. The van der Waals surface area contributed by atoms with Gasteiger partial charge in [-0.3, -0.25) is 4.79 Å². The standard InChI is InChI=1S/C15H19BrFNO4/c1-8-5-9(16)6-10(13(8)17)11(7-12(19)20)18-14(21)22-15(2,3)4/h5-6,11H,7H2,1-4H3,(H,18,21)(H,19,20)/t11-/m0/s1. The fourth-order valence-electron chi connectivity index (χ4n) is 1.87. The summed E-state index contributed by atoms with van der Waals surface area (Å²) in [4.78, 5) is 22.8. The molecule has 0 saturated heterocycles. The summed E-state index contributed by atoms with van der Waals surface area (Å²) >= 11 is 3.24.